The highest BCUT2D eigenvalue weighted by Gasteiger charge is 2.15. The number of aromatic nitrogens is 4. The SMILES string of the molecule is COc1ccc(C=NNC(=O)Cn2nnc(-c3ccccc3)n2)c(OC)c1OC. The van der Waals surface area contributed by atoms with Crippen LogP contribution in [0.15, 0.2) is 47.6 Å². The molecule has 2 aromatic carbocycles. The summed E-state index contributed by atoms with van der Waals surface area (Å²) in [5.74, 6) is 1.44. The molecule has 0 spiro atoms. The summed E-state index contributed by atoms with van der Waals surface area (Å²) in [4.78, 5) is 13.3. The molecule has 0 aliphatic heterocycles. The highest BCUT2D eigenvalue weighted by Crippen LogP contribution is 2.38. The number of rotatable bonds is 8. The van der Waals surface area contributed by atoms with Crippen LogP contribution in [0.25, 0.3) is 11.4 Å². The predicted octanol–water partition coefficient (Wildman–Crippen LogP) is 1.52. The van der Waals surface area contributed by atoms with E-state index in [1.807, 2.05) is 30.3 Å². The van der Waals surface area contributed by atoms with Crippen molar-refractivity contribution in [3.63, 3.8) is 0 Å². The third-order valence-corrected chi connectivity index (χ3v) is 3.90. The van der Waals surface area contributed by atoms with Crippen LogP contribution in [0.4, 0.5) is 0 Å². The number of nitrogens with one attached hydrogen (secondary N) is 1. The van der Waals surface area contributed by atoms with Crippen molar-refractivity contribution >= 4 is 12.1 Å². The number of tetrazole rings is 1. The van der Waals surface area contributed by atoms with Crippen molar-refractivity contribution in [1.29, 1.82) is 0 Å². The lowest BCUT2D eigenvalue weighted by atomic mass is 10.2. The second kappa shape index (κ2) is 9.31. The van der Waals surface area contributed by atoms with E-state index in [2.05, 4.69) is 25.9 Å². The molecule has 0 bridgehead atoms. The molecule has 29 heavy (non-hydrogen) atoms. The Kier molecular flexibility index (Phi) is 6.36. The highest BCUT2D eigenvalue weighted by molar-refractivity contribution is 5.87. The Hall–Kier alpha value is -3.95. The van der Waals surface area contributed by atoms with Crippen LogP contribution in [0, 0.1) is 0 Å². The van der Waals surface area contributed by atoms with Gasteiger partial charge in [0, 0.05) is 11.1 Å². The first-order chi connectivity index (χ1) is 14.2. The van der Waals surface area contributed by atoms with Crippen molar-refractivity contribution in [2.45, 2.75) is 6.54 Å². The molecule has 0 saturated heterocycles. The molecule has 0 fully saturated rings. The zero-order valence-electron chi connectivity index (χ0n) is 16.2. The second-order valence-electron chi connectivity index (χ2n) is 5.73. The molecule has 10 nitrogen and oxygen atoms in total. The zero-order chi connectivity index (χ0) is 20.6. The van der Waals surface area contributed by atoms with Crippen LogP contribution in [-0.2, 0) is 11.3 Å². The number of ether oxygens (including phenoxy) is 3. The molecule has 0 aliphatic rings. The van der Waals surface area contributed by atoms with E-state index in [1.165, 1.54) is 32.3 Å². The van der Waals surface area contributed by atoms with E-state index in [0.29, 0.717) is 28.6 Å². The number of hydrazone groups is 1. The number of methoxy groups -OCH3 is 3. The Balaban J connectivity index is 1.64. The highest BCUT2D eigenvalue weighted by atomic mass is 16.5. The minimum Gasteiger partial charge on any atom is -0.493 e. The summed E-state index contributed by atoms with van der Waals surface area (Å²) in [6.07, 6.45) is 1.45. The van der Waals surface area contributed by atoms with Crippen LogP contribution in [0.2, 0.25) is 0 Å². The smallest absolute Gasteiger partial charge is 0.263 e. The fourth-order valence-corrected chi connectivity index (χ4v) is 2.58. The second-order valence-corrected chi connectivity index (χ2v) is 5.73. The lowest BCUT2D eigenvalue weighted by Crippen LogP contribution is -2.24. The van der Waals surface area contributed by atoms with Gasteiger partial charge in [-0.2, -0.15) is 9.90 Å². The lowest BCUT2D eigenvalue weighted by Gasteiger charge is -2.13. The van der Waals surface area contributed by atoms with Crippen molar-refractivity contribution in [3.05, 3.63) is 48.0 Å². The number of carbonyl (C=O) groups excluding carboxylic acids is 1. The summed E-state index contributed by atoms with van der Waals surface area (Å²) in [5, 5.41) is 16.0. The van der Waals surface area contributed by atoms with Gasteiger partial charge in [0.25, 0.3) is 5.91 Å². The molecule has 3 aromatic rings. The molecular weight excluding hydrogens is 376 g/mol. The quantitative estimate of drug-likeness (QED) is 0.454. The van der Waals surface area contributed by atoms with Crippen molar-refractivity contribution in [2.24, 2.45) is 5.10 Å². The maximum absolute atomic E-state index is 12.1. The Morgan fingerprint density at radius 2 is 1.83 bits per heavy atom. The predicted molar refractivity (Wildman–Crippen MR) is 105 cm³/mol. The molecule has 1 heterocycles. The third kappa shape index (κ3) is 4.67. The summed E-state index contributed by atoms with van der Waals surface area (Å²) in [5.41, 5.74) is 3.84. The van der Waals surface area contributed by atoms with Gasteiger partial charge in [-0.05, 0) is 17.3 Å². The van der Waals surface area contributed by atoms with Gasteiger partial charge in [-0.25, -0.2) is 5.43 Å². The number of benzene rings is 2. The van der Waals surface area contributed by atoms with Crippen LogP contribution in [0.5, 0.6) is 17.2 Å². The van der Waals surface area contributed by atoms with Crippen LogP contribution in [-0.4, -0.2) is 53.7 Å². The van der Waals surface area contributed by atoms with E-state index in [-0.39, 0.29) is 6.54 Å². The van der Waals surface area contributed by atoms with Crippen LogP contribution >= 0.6 is 0 Å². The average molecular weight is 396 g/mol. The minimum absolute atomic E-state index is 0.125. The first-order valence-corrected chi connectivity index (χ1v) is 8.60. The van der Waals surface area contributed by atoms with Gasteiger partial charge in [-0.15, -0.1) is 10.2 Å². The average Bonchev–Trinajstić information content (AvgIpc) is 3.22. The fraction of sp³-hybridized carbons (Fsp3) is 0.211. The van der Waals surface area contributed by atoms with Gasteiger partial charge >= 0.3 is 0 Å². The number of hydrogen-bond donors (Lipinski definition) is 1. The number of amides is 1. The van der Waals surface area contributed by atoms with E-state index >= 15 is 0 Å². The summed E-state index contributed by atoms with van der Waals surface area (Å²) < 4.78 is 15.9. The summed E-state index contributed by atoms with van der Waals surface area (Å²) in [6, 6.07) is 12.8. The zero-order valence-corrected chi connectivity index (χ0v) is 16.2. The standard InChI is InChI=1S/C19H20N6O4/c1-27-15-10-9-14(17(28-2)18(15)29-3)11-20-21-16(26)12-25-23-19(22-24-25)13-7-5-4-6-8-13/h4-11H,12H2,1-3H3,(H,21,26). The molecule has 3 rings (SSSR count). The van der Waals surface area contributed by atoms with Gasteiger partial charge in [-0.3, -0.25) is 4.79 Å². The van der Waals surface area contributed by atoms with E-state index in [0.717, 1.165) is 5.56 Å². The number of carbonyl (C=O) groups is 1. The minimum atomic E-state index is -0.405. The molecule has 0 unspecified atom stereocenters. The normalized spacial score (nSPS) is 10.7. The molecule has 1 aromatic heterocycles. The summed E-state index contributed by atoms with van der Waals surface area (Å²) in [7, 11) is 4.55. The Labute approximate surface area is 167 Å². The van der Waals surface area contributed by atoms with E-state index < -0.39 is 5.91 Å². The first-order valence-electron chi connectivity index (χ1n) is 8.60. The molecule has 150 valence electrons. The van der Waals surface area contributed by atoms with Crippen molar-refractivity contribution in [3.8, 4) is 28.6 Å². The summed E-state index contributed by atoms with van der Waals surface area (Å²) >= 11 is 0. The van der Waals surface area contributed by atoms with Gasteiger partial charge in [0.15, 0.2) is 11.5 Å². The number of hydrogen-bond acceptors (Lipinski definition) is 8. The van der Waals surface area contributed by atoms with Crippen molar-refractivity contribution in [2.75, 3.05) is 21.3 Å². The van der Waals surface area contributed by atoms with Crippen LogP contribution in [0.3, 0.4) is 0 Å². The lowest BCUT2D eigenvalue weighted by molar-refractivity contribution is -0.122. The maximum atomic E-state index is 12.1. The first kappa shape index (κ1) is 19.8. The van der Waals surface area contributed by atoms with Gasteiger partial charge < -0.3 is 14.2 Å². The molecule has 0 atom stereocenters. The van der Waals surface area contributed by atoms with Crippen molar-refractivity contribution in [1.82, 2.24) is 25.6 Å². The fourth-order valence-electron chi connectivity index (χ4n) is 2.58. The van der Waals surface area contributed by atoms with Crippen molar-refractivity contribution < 1.29 is 19.0 Å². The molecule has 0 aliphatic carbocycles. The van der Waals surface area contributed by atoms with Gasteiger partial charge in [-0.1, -0.05) is 30.3 Å². The van der Waals surface area contributed by atoms with E-state index in [4.69, 9.17) is 14.2 Å². The molecular formula is C19H20N6O4. The van der Waals surface area contributed by atoms with E-state index in [9.17, 15) is 4.79 Å². The molecule has 0 radical (unpaired) electrons. The van der Waals surface area contributed by atoms with Gasteiger partial charge in [0.2, 0.25) is 11.6 Å². The Bertz CT molecular complexity index is 1000. The monoisotopic (exact) mass is 396 g/mol. The van der Waals surface area contributed by atoms with Crippen LogP contribution in [0.1, 0.15) is 5.56 Å². The largest absolute Gasteiger partial charge is 0.493 e. The Morgan fingerprint density at radius 1 is 1.07 bits per heavy atom. The third-order valence-electron chi connectivity index (χ3n) is 3.90. The van der Waals surface area contributed by atoms with Crippen LogP contribution < -0.4 is 19.6 Å². The molecule has 1 N–H and O–H groups in total. The van der Waals surface area contributed by atoms with E-state index in [1.54, 1.807) is 12.1 Å². The van der Waals surface area contributed by atoms with Gasteiger partial charge in [0.05, 0.1) is 27.5 Å². The topological polar surface area (TPSA) is 113 Å². The molecule has 0 saturated carbocycles. The molecule has 1 amide bonds. The number of nitrogens with zero attached hydrogens (tertiary/aromatic N) is 5. The molecule has 10 heteroatoms. The Morgan fingerprint density at radius 3 is 2.52 bits per heavy atom. The van der Waals surface area contributed by atoms with Gasteiger partial charge in [0.1, 0.15) is 6.54 Å². The summed E-state index contributed by atoms with van der Waals surface area (Å²) in [6.45, 7) is -0.125. The maximum Gasteiger partial charge on any atom is 0.263 e.